The first-order valence-electron chi connectivity index (χ1n) is 16.6. The van der Waals surface area contributed by atoms with Crippen LogP contribution in [0.1, 0.15) is 25.0 Å². The molecule has 0 unspecified atom stereocenters. The van der Waals surface area contributed by atoms with E-state index in [1.54, 1.807) is 12.1 Å². The number of hydrogen-bond donors (Lipinski definition) is 0. The molecule has 0 amide bonds. The molecule has 8 rings (SSSR count). The van der Waals surface area contributed by atoms with Crippen molar-refractivity contribution in [3.63, 3.8) is 0 Å². The van der Waals surface area contributed by atoms with E-state index < -0.39 is 15.6 Å². The van der Waals surface area contributed by atoms with Crippen molar-refractivity contribution in [2.24, 2.45) is 0 Å². The van der Waals surface area contributed by atoms with E-state index in [2.05, 4.69) is 172 Å². The summed E-state index contributed by atoms with van der Waals surface area (Å²) in [6.07, 6.45) is 0.778. The average molecular weight is 660 g/mol. The highest BCUT2D eigenvalue weighted by Gasteiger charge is 2.62. The molecule has 0 radical (unpaired) electrons. The van der Waals surface area contributed by atoms with Crippen LogP contribution in [0.15, 0.2) is 176 Å². The van der Waals surface area contributed by atoms with Gasteiger partial charge in [-0.3, -0.25) is 0 Å². The van der Waals surface area contributed by atoms with Gasteiger partial charge in [0.1, 0.15) is 34.7 Å². The van der Waals surface area contributed by atoms with Crippen LogP contribution < -0.4 is 30.7 Å². The maximum Gasteiger partial charge on any atom is 0.324 e. The van der Waals surface area contributed by atoms with Gasteiger partial charge in [0.25, 0.3) is 0 Å². The maximum atomic E-state index is 15.1. The molecule has 48 heavy (non-hydrogen) atoms. The first kappa shape index (κ1) is 30.5. The lowest BCUT2D eigenvalue weighted by Gasteiger charge is -2.38. The molecule has 0 atom stereocenters. The van der Waals surface area contributed by atoms with Gasteiger partial charge in [-0.15, -0.1) is 0 Å². The Morgan fingerprint density at radius 1 is 0.562 bits per heavy atom. The monoisotopic (exact) mass is 659 g/mol. The zero-order valence-corrected chi connectivity index (χ0v) is 29.1. The Morgan fingerprint density at radius 3 is 1.46 bits per heavy atom. The summed E-state index contributed by atoms with van der Waals surface area (Å²) in [6, 6.07) is 62.1. The van der Waals surface area contributed by atoms with Gasteiger partial charge in [0, 0.05) is 16.0 Å². The molecule has 1 heterocycles. The Bertz CT molecular complexity index is 2070. The van der Waals surface area contributed by atoms with Crippen LogP contribution in [-0.2, 0) is 11.2 Å². The van der Waals surface area contributed by atoms with Crippen LogP contribution in [0.3, 0.4) is 0 Å². The van der Waals surface area contributed by atoms with Crippen molar-refractivity contribution in [2.45, 2.75) is 25.0 Å². The molecule has 7 aromatic rings. The molecule has 0 saturated carbocycles. The van der Waals surface area contributed by atoms with E-state index in [0.29, 0.717) is 0 Å². The van der Waals surface area contributed by atoms with Crippen molar-refractivity contribution in [3.05, 3.63) is 193 Å². The van der Waals surface area contributed by atoms with Crippen LogP contribution in [0.5, 0.6) is 5.75 Å². The summed E-state index contributed by atoms with van der Waals surface area (Å²) in [6.45, 7) is 4.77. The lowest BCUT2D eigenvalue weighted by molar-refractivity contribution is 0.569. The van der Waals surface area contributed by atoms with Gasteiger partial charge in [-0.05, 0) is 82.0 Å². The Balaban J connectivity index is 1.47. The highest BCUT2D eigenvalue weighted by molar-refractivity contribution is 7.95. The van der Waals surface area contributed by atoms with Gasteiger partial charge in [-0.1, -0.05) is 129 Å². The smallest absolute Gasteiger partial charge is 0.324 e. The molecule has 0 aromatic heterocycles. The average Bonchev–Trinajstić information content (AvgIpc) is 3.40. The van der Waals surface area contributed by atoms with Gasteiger partial charge >= 0.3 is 8.32 Å². The Kier molecular flexibility index (Phi) is 7.63. The molecule has 0 fully saturated rings. The van der Waals surface area contributed by atoms with Gasteiger partial charge in [0.15, 0.2) is 0 Å². The molecular weight excluding hydrogens is 623 g/mol. The number of hydrogen-bond acceptors (Lipinski definition) is 1. The van der Waals surface area contributed by atoms with E-state index in [-0.39, 0.29) is 10.9 Å². The molecule has 4 heteroatoms. The highest BCUT2D eigenvalue weighted by Crippen LogP contribution is 2.61. The summed E-state index contributed by atoms with van der Waals surface area (Å²) >= 11 is 0. The van der Waals surface area contributed by atoms with Crippen LogP contribution >= 0.6 is 7.26 Å². The Morgan fingerprint density at radius 2 is 1.00 bits per heavy atom. The number of rotatable bonds is 7. The molecule has 0 bridgehead atoms. The van der Waals surface area contributed by atoms with Gasteiger partial charge in [0.2, 0.25) is 0 Å². The van der Waals surface area contributed by atoms with Crippen molar-refractivity contribution >= 4 is 52.6 Å². The molecule has 1 aliphatic rings. The third kappa shape index (κ3) is 4.68. The molecule has 7 aromatic carbocycles. The third-order valence-electron chi connectivity index (χ3n) is 10.3. The number of benzene rings is 7. The lowest BCUT2D eigenvalue weighted by atomic mass is 9.92. The Hall–Kier alpha value is -4.82. The van der Waals surface area contributed by atoms with Crippen LogP contribution in [0.4, 0.5) is 4.39 Å². The minimum atomic E-state index is -2.97. The van der Waals surface area contributed by atoms with Gasteiger partial charge in [0.05, 0.1) is 6.16 Å². The normalized spacial score (nSPS) is 14.7. The second-order valence-electron chi connectivity index (χ2n) is 13.2. The lowest BCUT2D eigenvalue weighted by Crippen LogP contribution is -2.71. The predicted molar refractivity (Wildman–Crippen MR) is 204 cm³/mol. The van der Waals surface area contributed by atoms with Gasteiger partial charge in [-0.25, -0.2) is 4.39 Å². The maximum absolute atomic E-state index is 15.1. The Labute approximate surface area is 284 Å². The summed E-state index contributed by atoms with van der Waals surface area (Å²) in [5.74, 6) is 0.662. The molecule has 0 aliphatic carbocycles. The van der Waals surface area contributed by atoms with Crippen molar-refractivity contribution in [1.82, 2.24) is 0 Å². The second kappa shape index (κ2) is 12.0. The minimum absolute atomic E-state index is 0.240. The second-order valence-corrected chi connectivity index (χ2v) is 20.7. The topological polar surface area (TPSA) is 9.23 Å². The van der Waals surface area contributed by atoms with E-state index in [1.165, 1.54) is 37.4 Å². The van der Waals surface area contributed by atoms with Crippen LogP contribution in [-0.4, -0.2) is 8.32 Å². The van der Waals surface area contributed by atoms with Crippen molar-refractivity contribution in [3.8, 4) is 5.75 Å². The van der Waals surface area contributed by atoms with Crippen molar-refractivity contribution in [2.75, 3.05) is 0 Å². The summed E-state index contributed by atoms with van der Waals surface area (Å²) < 4.78 is 22.7. The quantitative estimate of drug-likeness (QED) is 0.123. The van der Waals surface area contributed by atoms with Gasteiger partial charge in [-0.2, -0.15) is 0 Å². The third-order valence-corrected chi connectivity index (χ3v) is 19.4. The largest absolute Gasteiger partial charge is 0.533 e. The first-order chi connectivity index (χ1) is 23.4. The minimum Gasteiger partial charge on any atom is -0.533 e. The SMILES string of the molecule is CC1(C)c2c(C[P+](c3ccccc3)(c3ccccc3)c3ccccc3)cc3cc(F)ccc3c2O[Si]1(c1ccccc1)c1ccccc1. The van der Waals surface area contributed by atoms with E-state index in [9.17, 15) is 0 Å². The summed E-state index contributed by atoms with van der Waals surface area (Å²) in [5, 5.41) is 7.89. The number of fused-ring (bicyclic) bond motifs is 3. The van der Waals surface area contributed by atoms with Gasteiger partial charge < -0.3 is 4.43 Å². The van der Waals surface area contributed by atoms with E-state index in [4.69, 9.17) is 4.43 Å². The van der Waals surface area contributed by atoms with E-state index >= 15 is 4.39 Å². The molecule has 0 saturated heterocycles. The van der Waals surface area contributed by atoms with E-state index in [1.807, 2.05) is 6.07 Å². The highest BCUT2D eigenvalue weighted by atomic mass is 31.2. The molecule has 0 spiro atoms. The fourth-order valence-corrected chi connectivity index (χ4v) is 17.1. The molecule has 1 nitrogen and oxygen atoms in total. The summed E-state index contributed by atoms with van der Waals surface area (Å²) in [5.41, 5.74) is 2.47. The molecule has 1 aliphatic heterocycles. The van der Waals surface area contributed by atoms with Crippen LogP contribution in [0.2, 0.25) is 0 Å². The summed E-state index contributed by atoms with van der Waals surface area (Å²) in [4.78, 5) is 0. The molecular formula is C44H37FOPSi+. The zero-order chi connectivity index (χ0) is 32.8. The predicted octanol–water partition coefficient (Wildman–Crippen LogP) is 8.44. The fourth-order valence-electron chi connectivity index (χ4n) is 8.15. The molecule has 234 valence electrons. The van der Waals surface area contributed by atoms with Crippen molar-refractivity contribution in [1.29, 1.82) is 0 Å². The van der Waals surface area contributed by atoms with E-state index in [0.717, 1.165) is 22.7 Å². The number of halogens is 1. The molecule has 0 N–H and O–H groups in total. The van der Waals surface area contributed by atoms with Crippen molar-refractivity contribution < 1.29 is 8.82 Å². The standard InChI is InChI=1S/C44H37FOPSi/c1-44(2)42-34(32-47(36-18-8-3-9-19-36,37-20-10-4-11-21-37)38-22-12-5-13-23-38)30-33-31-35(45)28-29-41(33)43(42)46-48(44,39-24-14-6-15-25-39)40-26-16-7-17-27-40/h3-31H,32H2,1-2H3/q+1. The summed E-state index contributed by atoms with van der Waals surface area (Å²) in [7, 11) is -5.25. The van der Waals surface area contributed by atoms with Crippen LogP contribution in [0, 0.1) is 5.82 Å². The van der Waals surface area contributed by atoms with Crippen LogP contribution in [0.25, 0.3) is 10.8 Å². The fraction of sp³-hybridized carbons (Fsp3) is 0.0909. The zero-order valence-electron chi connectivity index (χ0n) is 27.2. The first-order valence-corrected chi connectivity index (χ1v) is 20.4.